The molecule has 0 bridgehead atoms. The molecule has 0 spiro atoms. The smallest absolute Gasteiger partial charge is 0.0951 e. The Kier molecular flexibility index (Phi) is 4.03. The molecule has 1 aliphatic heterocycles. The summed E-state index contributed by atoms with van der Waals surface area (Å²) in [6.45, 7) is 3.80. The second kappa shape index (κ2) is 5.94. The van der Waals surface area contributed by atoms with Crippen LogP contribution in [0, 0.1) is 6.92 Å². The molecule has 0 aliphatic carbocycles. The van der Waals surface area contributed by atoms with Gasteiger partial charge in [-0.25, -0.2) is 0 Å². The largest absolute Gasteiger partial charge is 0.289 e. The van der Waals surface area contributed by atoms with E-state index in [9.17, 15) is 0 Å². The highest BCUT2D eigenvalue weighted by Gasteiger charge is 2.26. The minimum Gasteiger partial charge on any atom is -0.289 e. The molecular weight excluding hydrogens is 272 g/mol. The third-order valence-electron chi connectivity index (χ3n) is 3.94. The van der Waals surface area contributed by atoms with Crippen molar-refractivity contribution in [2.24, 2.45) is 0 Å². The first kappa shape index (κ1) is 13.6. The quantitative estimate of drug-likeness (QED) is 0.941. The van der Waals surface area contributed by atoms with Gasteiger partial charge in [0.05, 0.1) is 28.1 Å². The maximum Gasteiger partial charge on any atom is 0.0951 e. The van der Waals surface area contributed by atoms with Gasteiger partial charge in [0.15, 0.2) is 0 Å². The number of aromatic nitrogens is 3. The molecule has 2 aromatic rings. The van der Waals surface area contributed by atoms with Crippen molar-refractivity contribution in [3.05, 3.63) is 46.5 Å². The van der Waals surface area contributed by atoms with Gasteiger partial charge in [-0.15, -0.1) is 0 Å². The lowest BCUT2D eigenvalue weighted by Crippen LogP contribution is -2.33. The number of aryl methyl sites for hydroxylation is 1. The Bertz CT molecular complexity index is 567. The Morgan fingerprint density at radius 3 is 3.00 bits per heavy atom. The van der Waals surface area contributed by atoms with E-state index in [1.165, 1.54) is 12.8 Å². The van der Waals surface area contributed by atoms with Gasteiger partial charge >= 0.3 is 0 Å². The second-order valence-corrected chi connectivity index (χ2v) is 5.72. The Labute approximate surface area is 124 Å². The molecule has 0 amide bonds. The number of rotatable bonds is 3. The van der Waals surface area contributed by atoms with E-state index in [0.717, 1.165) is 41.6 Å². The van der Waals surface area contributed by atoms with Gasteiger partial charge in [-0.3, -0.25) is 15.0 Å². The molecular formula is C15H19ClN4. The number of halogens is 1. The summed E-state index contributed by atoms with van der Waals surface area (Å²) in [4.78, 5) is 6.96. The van der Waals surface area contributed by atoms with Crippen molar-refractivity contribution in [3.8, 4) is 0 Å². The van der Waals surface area contributed by atoms with Crippen LogP contribution in [0.25, 0.3) is 0 Å². The van der Waals surface area contributed by atoms with Gasteiger partial charge in [-0.05, 0) is 38.4 Å². The van der Waals surface area contributed by atoms with Crippen LogP contribution in [0.3, 0.4) is 0 Å². The Morgan fingerprint density at radius 1 is 1.40 bits per heavy atom. The predicted molar refractivity (Wildman–Crippen MR) is 79.6 cm³/mol. The Morgan fingerprint density at radius 2 is 2.30 bits per heavy atom. The molecule has 1 N–H and O–H groups in total. The van der Waals surface area contributed by atoms with Gasteiger partial charge in [-0.2, -0.15) is 5.10 Å². The second-order valence-electron chi connectivity index (χ2n) is 5.35. The van der Waals surface area contributed by atoms with Gasteiger partial charge in [0.2, 0.25) is 0 Å². The van der Waals surface area contributed by atoms with Crippen LogP contribution in [0.4, 0.5) is 0 Å². The summed E-state index contributed by atoms with van der Waals surface area (Å²) < 4.78 is 0. The average Bonchev–Trinajstić information content (AvgIpc) is 2.81. The van der Waals surface area contributed by atoms with Crippen molar-refractivity contribution < 1.29 is 0 Å². The van der Waals surface area contributed by atoms with E-state index in [0.29, 0.717) is 6.04 Å². The summed E-state index contributed by atoms with van der Waals surface area (Å²) in [5, 5.41) is 8.03. The van der Waals surface area contributed by atoms with Crippen LogP contribution in [0.2, 0.25) is 5.02 Å². The van der Waals surface area contributed by atoms with E-state index < -0.39 is 0 Å². The zero-order valence-corrected chi connectivity index (χ0v) is 12.4. The lowest BCUT2D eigenvalue weighted by molar-refractivity contribution is 0.135. The predicted octanol–water partition coefficient (Wildman–Crippen LogP) is 3.49. The average molecular weight is 291 g/mol. The topological polar surface area (TPSA) is 44.8 Å². The number of H-pyrrole nitrogens is 1. The van der Waals surface area contributed by atoms with Crippen LogP contribution in [0.1, 0.15) is 42.4 Å². The lowest BCUT2D eigenvalue weighted by Gasteiger charge is -2.34. The zero-order chi connectivity index (χ0) is 13.9. The van der Waals surface area contributed by atoms with Crippen molar-refractivity contribution in [3.63, 3.8) is 0 Å². The van der Waals surface area contributed by atoms with Crippen LogP contribution >= 0.6 is 11.6 Å². The number of nitrogens with one attached hydrogen (secondary N) is 1. The molecule has 0 unspecified atom stereocenters. The van der Waals surface area contributed by atoms with Crippen LogP contribution in [-0.2, 0) is 6.54 Å². The standard InChI is InChI=1S/C15H19ClN4/c1-11-15(16)13(19-18-11)10-20-9-5-3-7-14(20)12-6-2-4-8-17-12/h2,4,6,8,14H,3,5,7,9-10H2,1H3,(H,18,19)/t14-/m0/s1. The van der Waals surface area contributed by atoms with Crippen LogP contribution in [0.15, 0.2) is 24.4 Å². The number of likely N-dealkylation sites (tertiary alicyclic amines) is 1. The fourth-order valence-corrected chi connectivity index (χ4v) is 3.00. The summed E-state index contributed by atoms with van der Waals surface area (Å²) in [6.07, 6.45) is 5.50. The van der Waals surface area contributed by atoms with E-state index in [1.54, 1.807) is 0 Å². The first-order valence-corrected chi connectivity index (χ1v) is 7.48. The molecule has 1 fully saturated rings. The summed E-state index contributed by atoms with van der Waals surface area (Å²) in [6, 6.07) is 6.50. The van der Waals surface area contributed by atoms with Crippen LogP contribution in [-0.4, -0.2) is 26.6 Å². The number of aromatic amines is 1. The molecule has 0 saturated carbocycles. The summed E-state index contributed by atoms with van der Waals surface area (Å²) in [7, 11) is 0. The molecule has 1 aliphatic rings. The molecule has 3 rings (SSSR count). The summed E-state index contributed by atoms with van der Waals surface area (Å²) >= 11 is 6.29. The molecule has 3 heterocycles. The molecule has 1 atom stereocenters. The summed E-state index contributed by atoms with van der Waals surface area (Å²) in [5.74, 6) is 0. The Balaban J connectivity index is 1.81. The summed E-state index contributed by atoms with van der Waals surface area (Å²) in [5.41, 5.74) is 3.02. The van der Waals surface area contributed by atoms with E-state index in [-0.39, 0.29) is 0 Å². The third kappa shape index (κ3) is 2.72. The fourth-order valence-electron chi connectivity index (χ4n) is 2.85. The SMILES string of the molecule is Cc1[nH]nc(CN2CCCC[C@H]2c2ccccn2)c1Cl. The van der Waals surface area contributed by atoms with Gasteiger partial charge in [-0.1, -0.05) is 24.1 Å². The van der Waals surface area contributed by atoms with Gasteiger partial charge in [0.1, 0.15) is 0 Å². The van der Waals surface area contributed by atoms with E-state index >= 15 is 0 Å². The molecule has 5 heteroatoms. The first-order chi connectivity index (χ1) is 9.75. The zero-order valence-electron chi connectivity index (χ0n) is 11.6. The number of nitrogens with zero attached hydrogens (tertiary/aromatic N) is 3. The van der Waals surface area contributed by atoms with Crippen molar-refractivity contribution in [2.75, 3.05) is 6.54 Å². The van der Waals surface area contributed by atoms with Gasteiger partial charge < -0.3 is 0 Å². The van der Waals surface area contributed by atoms with Crippen molar-refractivity contribution in [2.45, 2.75) is 38.8 Å². The molecule has 0 radical (unpaired) electrons. The highest BCUT2D eigenvalue weighted by atomic mass is 35.5. The first-order valence-electron chi connectivity index (χ1n) is 7.10. The number of pyridine rings is 1. The molecule has 2 aromatic heterocycles. The van der Waals surface area contributed by atoms with Gasteiger partial charge in [0.25, 0.3) is 0 Å². The van der Waals surface area contributed by atoms with Crippen molar-refractivity contribution >= 4 is 11.6 Å². The van der Waals surface area contributed by atoms with Crippen molar-refractivity contribution in [1.82, 2.24) is 20.1 Å². The van der Waals surface area contributed by atoms with E-state index in [2.05, 4.69) is 32.2 Å². The van der Waals surface area contributed by atoms with E-state index in [1.807, 2.05) is 19.2 Å². The van der Waals surface area contributed by atoms with E-state index in [4.69, 9.17) is 11.6 Å². The highest BCUT2D eigenvalue weighted by molar-refractivity contribution is 6.31. The minimum atomic E-state index is 0.373. The molecule has 20 heavy (non-hydrogen) atoms. The van der Waals surface area contributed by atoms with Crippen LogP contribution in [0.5, 0.6) is 0 Å². The number of hydrogen-bond acceptors (Lipinski definition) is 3. The lowest BCUT2D eigenvalue weighted by atomic mass is 9.98. The Hall–Kier alpha value is -1.39. The normalized spacial score (nSPS) is 20.2. The highest BCUT2D eigenvalue weighted by Crippen LogP contribution is 2.32. The maximum atomic E-state index is 6.29. The third-order valence-corrected chi connectivity index (χ3v) is 4.44. The number of piperidine rings is 1. The molecule has 0 aromatic carbocycles. The van der Waals surface area contributed by atoms with Crippen molar-refractivity contribution in [1.29, 1.82) is 0 Å². The molecule has 1 saturated heterocycles. The molecule has 106 valence electrons. The molecule has 4 nitrogen and oxygen atoms in total. The van der Waals surface area contributed by atoms with Crippen LogP contribution < -0.4 is 0 Å². The monoisotopic (exact) mass is 290 g/mol. The fraction of sp³-hybridized carbons (Fsp3) is 0.467. The minimum absolute atomic E-state index is 0.373. The maximum absolute atomic E-state index is 6.29. The number of hydrogen-bond donors (Lipinski definition) is 1. The van der Waals surface area contributed by atoms with Gasteiger partial charge in [0, 0.05) is 12.7 Å².